The predicted octanol–water partition coefficient (Wildman–Crippen LogP) is 1.51. The van der Waals surface area contributed by atoms with Crippen LogP contribution in [0.1, 0.15) is 30.9 Å². The van der Waals surface area contributed by atoms with Crippen LogP contribution in [-0.4, -0.2) is 57.3 Å². The summed E-state index contributed by atoms with van der Waals surface area (Å²) in [6.45, 7) is 2.41. The normalized spacial score (nSPS) is 18.9. The van der Waals surface area contributed by atoms with Gasteiger partial charge in [0.2, 0.25) is 17.7 Å². The van der Waals surface area contributed by atoms with Gasteiger partial charge in [0.15, 0.2) is 0 Å². The van der Waals surface area contributed by atoms with Gasteiger partial charge in [0.05, 0.1) is 18.6 Å². The van der Waals surface area contributed by atoms with Crippen molar-refractivity contribution in [3.63, 3.8) is 0 Å². The van der Waals surface area contributed by atoms with Crippen molar-refractivity contribution in [3.05, 3.63) is 66.0 Å². The Labute approximate surface area is 170 Å². The molecule has 152 valence electrons. The lowest BCUT2D eigenvalue weighted by molar-refractivity contribution is -0.143. The molecule has 1 aromatic heterocycles. The molecule has 1 atom stereocenters. The number of carbonyl (C=O) groups excluding carboxylic acids is 3. The number of rotatable bonds is 8. The monoisotopic (exact) mass is 395 g/mol. The van der Waals surface area contributed by atoms with Gasteiger partial charge in [-0.2, -0.15) is 0 Å². The molecule has 7 nitrogen and oxygen atoms in total. The van der Waals surface area contributed by atoms with Crippen molar-refractivity contribution in [3.8, 4) is 0 Å². The zero-order valence-electron chi connectivity index (χ0n) is 16.5. The van der Waals surface area contributed by atoms with Crippen molar-refractivity contribution in [2.75, 3.05) is 19.7 Å². The van der Waals surface area contributed by atoms with Crippen LogP contribution in [0.3, 0.4) is 0 Å². The maximum absolute atomic E-state index is 13.5. The van der Waals surface area contributed by atoms with Gasteiger partial charge < -0.3 is 10.0 Å². The Morgan fingerprint density at radius 2 is 1.97 bits per heavy atom. The lowest BCUT2D eigenvalue weighted by atomic mass is 9.75. The molecule has 29 heavy (non-hydrogen) atoms. The highest BCUT2D eigenvalue weighted by Crippen LogP contribution is 2.40. The molecular weight excluding hydrogens is 370 g/mol. The van der Waals surface area contributed by atoms with Crippen LogP contribution in [-0.2, 0) is 26.3 Å². The van der Waals surface area contributed by atoms with Gasteiger partial charge in [0.1, 0.15) is 0 Å². The van der Waals surface area contributed by atoms with Crippen molar-refractivity contribution >= 4 is 17.7 Å². The Morgan fingerprint density at radius 1 is 1.21 bits per heavy atom. The molecule has 2 aromatic rings. The van der Waals surface area contributed by atoms with Crippen molar-refractivity contribution in [2.24, 2.45) is 0 Å². The van der Waals surface area contributed by atoms with E-state index >= 15 is 0 Å². The van der Waals surface area contributed by atoms with E-state index < -0.39 is 5.41 Å². The first-order valence-corrected chi connectivity index (χ1v) is 9.69. The molecule has 0 aliphatic carbocycles. The second-order valence-electron chi connectivity index (χ2n) is 7.15. The molecule has 0 bridgehead atoms. The minimum atomic E-state index is -1.24. The molecule has 2 heterocycles. The summed E-state index contributed by atoms with van der Waals surface area (Å²) in [7, 11) is 0. The summed E-state index contributed by atoms with van der Waals surface area (Å²) < 4.78 is 0. The Kier molecular flexibility index (Phi) is 6.39. The van der Waals surface area contributed by atoms with E-state index in [9.17, 15) is 19.5 Å². The SMILES string of the molecule is CCN(CCO)C(=O)C[C@@]1(c2ccccc2)CC(=O)N(Cc2cccnc2)C1=O. The third-order valence-corrected chi connectivity index (χ3v) is 5.36. The van der Waals surface area contributed by atoms with Gasteiger partial charge in [0.25, 0.3) is 0 Å². The Balaban J connectivity index is 1.95. The molecule has 0 radical (unpaired) electrons. The van der Waals surface area contributed by atoms with Gasteiger partial charge in [-0.3, -0.25) is 24.3 Å². The highest BCUT2D eigenvalue weighted by Gasteiger charge is 2.53. The molecule has 1 N–H and O–H groups in total. The van der Waals surface area contributed by atoms with Crippen molar-refractivity contribution in [2.45, 2.75) is 31.7 Å². The number of benzene rings is 1. The lowest BCUT2D eigenvalue weighted by Crippen LogP contribution is -2.44. The van der Waals surface area contributed by atoms with Gasteiger partial charge in [-0.25, -0.2) is 0 Å². The van der Waals surface area contributed by atoms with Gasteiger partial charge >= 0.3 is 0 Å². The number of hydrogen-bond acceptors (Lipinski definition) is 5. The lowest BCUT2D eigenvalue weighted by Gasteiger charge is -2.30. The molecular formula is C22H25N3O4. The van der Waals surface area contributed by atoms with Crippen LogP contribution < -0.4 is 0 Å². The van der Waals surface area contributed by atoms with Gasteiger partial charge in [-0.15, -0.1) is 0 Å². The standard InChI is InChI=1S/C22H25N3O4/c1-2-24(11-12-26)19(27)13-22(18-8-4-3-5-9-18)14-20(28)25(21(22)29)16-17-7-6-10-23-15-17/h3-10,15,26H,2,11-14,16H2,1H3/t22-/m0/s1. The molecule has 7 heteroatoms. The number of carbonyl (C=O) groups is 3. The number of amides is 3. The highest BCUT2D eigenvalue weighted by molar-refractivity contribution is 6.10. The number of likely N-dealkylation sites (tertiary alicyclic amines) is 1. The first-order chi connectivity index (χ1) is 14.0. The summed E-state index contributed by atoms with van der Waals surface area (Å²) in [5.74, 6) is -0.929. The molecule has 1 aromatic carbocycles. The number of aliphatic hydroxyl groups is 1. The number of hydrogen-bond donors (Lipinski definition) is 1. The first kappa shape index (κ1) is 20.7. The summed E-state index contributed by atoms with van der Waals surface area (Å²) in [6, 6.07) is 12.6. The third kappa shape index (κ3) is 4.19. The maximum atomic E-state index is 13.5. The van der Waals surface area contributed by atoms with Crippen LogP contribution in [0.5, 0.6) is 0 Å². The molecule has 3 amide bonds. The van der Waals surface area contributed by atoms with Gasteiger partial charge in [-0.05, 0) is 24.1 Å². The molecule has 0 unspecified atom stereocenters. The molecule has 1 saturated heterocycles. The molecule has 0 spiro atoms. The van der Waals surface area contributed by atoms with Crippen LogP contribution in [0, 0.1) is 0 Å². The van der Waals surface area contributed by atoms with E-state index in [0.717, 1.165) is 5.56 Å². The van der Waals surface area contributed by atoms with Crippen molar-refractivity contribution < 1.29 is 19.5 Å². The summed E-state index contributed by atoms with van der Waals surface area (Å²) in [4.78, 5) is 46.1. The van der Waals surface area contributed by atoms with Crippen LogP contribution in [0.25, 0.3) is 0 Å². The maximum Gasteiger partial charge on any atom is 0.241 e. The second-order valence-corrected chi connectivity index (χ2v) is 7.15. The van der Waals surface area contributed by atoms with Crippen LogP contribution in [0.4, 0.5) is 0 Å². The fraction of sp³-hybridized carbons (Fsp3) is 0.364. The van der Waals surface area contributed by atoms with E-state index in [2.05, 4.69) is 4.98 Å². The molecule has 1 fully saturated rings. The number of imide groups is 1. The average Bonchev–Trinajstić information content (AvgIpc) is 2.98. The smallest absolute Gasteiger partial charge is 0.241 e. The predicted molar refractivity (Wildman–Crippen MR) is 106 cm³/mol. The van der Waals surface area contributed by atoms with Crippen molar-refractivity contribution in [1.29, 1.82) is 0 Å². The summed E-state index contributed by atoms with van der Waals surface area (Å²) in [6.07, 6.45) is 3.08. The molecule has 0 saturated carbocycles. The zero-order valence-corrected chi connectivity index (χ0v) is 16.5. The van der Waals surface area contributed by atoms with Crippen LogP contribution >= 0.6 is 0 Å². The largest absolute Gasteiger partial charge is 0.395 e. The van der Waals surface area contributed by atoms with E-state index in [1.807, 2.05) is 13.0 Å². The zero-order chi connectivity index (χ0) is 20.9. The number of likely N-dealkylation sites (N-methyl/N-ethyl adjacent to an activating group) is 1. The fourth-order valence-electron chi connectivity index (χ4n) is 3.81. The Hall–Kier alpha value is -3.06. The summed E-state index contributed by atoms with van der Waals surface area (Å²) in [5, 5.41) is 9.23. The quantitative estimate of drug-likeness (QED) is 0.684. The number of aromatic nitrogens is 1. The topological polar surface area (TPSA) is 90.8 Å². The minimum Gasteiger partial charge on any atom is -0.395 e. The minimum absolute atomic E-state index is 0.0570. The molecule has 1 aliphatic rings. The fourth-order valence-corrected chi connectivity index (χ4v) is 3.81. The molecule has 1 aliphatic heterocycles. The summed E-state index contributed by atoms with van der Waals surface area (Å²) >= 11 is 0. The third-order valence-electron chi connectivity index (χ3n) is 5.36. The molecule has 3 rings (SSSR count). The Bertz CT molecular complexity index is 872. The van der Waals surface area contributed by atoms with Crippen molar-refractivity contribution in [1.82, 2.24) is 14.8 Å². The average molecular weight is 395 g/mol. The number of pyridine rings is 1. The van der Waals surface area contributed by atoms with Crippen LogP contribution in [0.15, 0.2) is 54.9 Å². The van der Waals surface area contributed by atoms with Gasteiger partial charge in [-0.1, -0.05) is 36.4 Å². The first-order valence-electron chi connectivity index (χ1n) is 9.69. The number of aliphatic hydroxyl groups excluding tert-OH is 1. The number of nitrogens with zero attached hydrogens (tertiary/aromatic N) is 3. The van der Waals surface area contributed by atoms with E-state index in [1.54, 1.807) is 48.8 Å². The summed E-state index contributed by atoms with van der Waals surface area (Å²) in [5.41, 5.74) is 0.167. The van der Waals surface area contributed by atoms with Gasteiger partial charge in [0, 0.05) is 38.3 Å². The highest BCUT2D eigenvalue weighted by atomic mass is 16.3. The van der Waals surface area contributed by atoms with Crippen LogP contribution in [0.2, 0.25) is 0 Å². The van der Waals surface area contributed by atoms with E-state index in [4.69, 9.17) is 0 Å². The van der Waals surface area contributed by atoms with E-state index in [1.165, 1.54) is 9.80 Å². The second kappa shape index (κ2) is 8.96. The van der Waals surface area contributed by atoms with E-state index in [0.29, 0.717) is 12.1 Å². The Morgan fingerprint density at radius 3 is 2.59 bits per heavy atom. The van der Waals surface area contributed by atoms with E-state index in [-0.39, 0.29) is 50.3 Å².